The van der Waals surface area contributed by atoms with Crippen molar-refractivity contribution in [2.24, 2.45) is 11.7 Å². The van der Waals surface area contributed by atoms with Gasteiger partial charge < -0.3 is 10.5 Å². The highest BCUT2D eigenvalue weighted by atomic mass is 35.5. The van der Waals surface area contributed by atoms with Gasteiger partial charge in [0, 0.05) is 16.1 Å². The quantitative estimate of drug-likeness (QED) is 0.879. The van der Waals surface area contributed by atoms with E-state index in [0.29, 0.717) is 28.3 Å². The maximum atomic E-state index is 5.97. The first-order chi connectivity index (χ1) is 7.65. The summed E-state index contributed by atoms with van der Waals surface area (Å²) in [5.41, 5.74) is 5.97. The molecule has 2 rings (SSSR count). The van der Waals surface area contributed by atoms with E-state index in [-0.39, 0.29) is 6.04 Å². The molecule has 1 aromatic carbocycles. The molecule has 0 amide bonds. The van der Waals surface area contributed by atoms with Crippen molar-refractivity contribution in [1.29, 1.82) is 0 Å². The summed E-state index contributed by atoms with van der Waals surface area (Å²) in [6.07, 6.45) is 3.42. The van der Waals surface area contributed by atoms with Crippen molar-refractivity contribution >= 4 is 23.2 Å². The van der Waals surface area contributed by atoms with E-state index in [1.54, 1.807) is 18.2 Å². The zero-order valence-electron chi connectivity index (χ0n) is 8.96. The molecule has 1 fully saturated rings. The number of benzene rings is 1. The summed E-state index contributed by atoms with van der Waals surface area (Å²) < 4.78 is 5.57. The van der Waals surface area contributed by atoms with Gasteiger partial charge in [-0.15, -0.1) is 0 Å². The maximum absolute atomic E-state index is 5.97. The average molecular weight is 260 g/mol. The van der Waals surface area contributed by atoms with Crippen molar-refractivity contribution in [1.82, 2.24) is 0 Å². The van der Waals surface area contributed by atoms with E-state index in [0.717, 1.165) is 6.42 Å². The van der Waals surface area contributed by atoms with E-state index in [2.05, 4.69) is 0 Å². The Morgan fingerprint density at radius 2 is 1.88 bits per heavy atom. The molecule has 0 aliphatic heterocycles. The minimum absolute atomic E-state index is 0.273. The Kier molecular flexibility index (Phi) is 3.95. The maximum Gasteiger partial charge on any atom is 0.122 e. The largest absolute Gasteiger partial charge is 0.493 e. The van der Waals surface area contributed by atoms with E-state index >= 15 is 0 Å². The molecule has 1 aliphatic carbocycles. The minimum atomic E-state index is 0.273. The SMILES string of the molecule is NC(CCOc1cc(Cl)cc(Cl)c1)C1CC1. The second-order valence-corrected chi connectivity index (χ2v) is 5.12. The van der Waals surface area contributed by atoms with Crippen LogP contribution < -0.4 is 10.5 Å². The fourth-order valence-electron chi connectivity index (χ4n) is 1.68. The monoisotopic (exact) mass is 259 g/mol. The van der Waals surface area contributed by atoms with Gasteiger partial charge in [0.25, 0.3) is 0 Å². The Labute approximate surface area is 106 Å². The third kappa shape index (κ3) is 3.55. The van der Waals surface area contributed by atoms with Gasteiger partial charge in [0.2, 0.25) is 0 Å². The van der Waals surface area contributed by atoms with Gasteiger partial charge >= 0.3 is 0 Å². The van der Waals surface area contributed by atoms with Crippen LogP contribution in [0.4, 0.5) is 0 Å². The lowest BCUT2D eigenvalue weighted by Gasteiger charge is -2.11. The molecule has 0 heterocycles. The lowest BCUT2D eigenvalue weighted by Crippen LogP contribution is -2.24. The number of hydrogen-bond acceptors (Lipinski definition) is 2. The van der Waals surface area contributed by atoms with E-state index in [4.69, 9.17) is 33.7 Å². The van der Waals surface area contributed by atoms with Crippen LogP contribution in [0.15, 0.2) is 18.2 Å². The molecular formula is C12H15Cl2NO. The molecule has 0 saturated heterocycles. The Balaban J connectivity index is 1.79. The van der Waals surface area contributed by atoms with Gasteiger partial charge in [0.1, 0.15) is 5.75 Å². The highest BCUT2D eigenvalue weighted by Crippen LogP contribution is 2.33. The summed E-state index contributed by atoms with van der Waals surface area (Å²) in [6, 6.07) is 5.48. The normalized spacial score (nSPS) is 17.2. The topological polar surface area (TPSA) is 35.2 Å². The van der Waals surface area contributed by atoms with Gasteiger partial charge in [0.15, 0.2) is 0 Å². The molecule has 1 unspecified atom stereocenters. The van der Waals surface area contributed by atoms with Crippen molar-refractivity contribution in [2.45, 2.75) is 25.3 Å². The Morgan fingerprint density at radius 3 is 2.44 bits per heavy atom. The Bertz CT molecular complexity index is 346. The van der Waals surface area contributed by atoms with Crippen LogP contribution in [-0.2, 0) is 0 Å². The molecule has 0 bridgehead atoms. The first-order valence-corrected chi connectivity index (χ1v) is 6.25. The van der Waals surface area contributed by atoms with Crippen molar-refractivity contribution in [3.63, 3.8) is 0 Å². The third-order valence-electron chi connectivity index (χ3n) is 2.78. The van der Waals surface area contributed by atoms with E-state index in [1.165, 1.54) is 12.8 Å². The molecule has 1 aromatic rings. The molecule has 1 atom stereocenters. The molecular weight excluding hydrogens is 245 g/mol. The first kappa shape index (κ1) is 12.0. The van der Waals surface area contributed by atoms with Crippen molar-refractivity contribution in [2.75, 3.05) is 6.61 Å². The van der Waals surface area contributed by atoms with Gasteiger partial charge in [-0.2, -0.15) is 0 Å². The smallest absolute Gasteiger partial charge is 0.122 e. The molecule has 1 saturated carbocycles. The second-order valence-electron chi connectivity index (χ2n) is 4.24. The number of rotatable bonds is 5. The van der Waals surface area contributed by atoms with Crippen LogP contribution in [0.25, 0.3) is 0 Å². The summed E-state index contributed by atoms with van der Waals surface area (Å²) in [5, 5.41) is 1.18. The second kappa shape index (κ2) is 5.26. The number of halogens is 2. The summed E-state index contributed by atoms with van der Waals surface area (Å²) in [7, 11) is 0. The van der Waals surface area contributed by atoms with Crippen LogP contribution in [0.5, 0.6) is 5.75 Å². The highest BCUT2D eigenvalue weighted by Gasteiger charge is 2.27. The average Bonchev–Trinajstić information content (AvgIpc) is 2.98. The van der Waals surface area contributed by atoms with E-state index < -0.39 is 0 Å². The van der Waals surface area contributed by atoms with Gasteiger partial charge in [-0.05, 0) is 43.4 Å². The lowest BCUT2D eigenvalue weighted by molar-refractivity contribution is 0.291. The third-order valence-corrected chi connectivity index (χ3v) is 3.22. The van der Waals surface area contributed by atoms with Crippen LogP contribution in [0.3, 0.4) is 0 Å². The number of ether oxygens (including phenoxy) is 1. The van der Waals surface area contributed by atoms with Gasteiger partial charge in [-0.1, -0.05) is 23.2 Å². The van der Waals surface area contributed by atoms with Gasteiger partial charge in [-0.3, -0.25) is 0 Å². The summed E-state index contributed by atoms with van der Waals surface area (Å²) in [4.78, 5) is 0. The van der Waals surface area contributed by atoms with Crippen molar-refractivity contribution in [3.05, 3.63) is 28.2 Å². The lowest BCUT2D eigenvalue weighted by atomic mass is 10.1. The fraction of sp³-hybridized carbons (Fsp3) is 0.500. The van der Waals surface area contributed by atoms with Crippen LogP contribution in [-0.4, -0.2) is 12.6 Å². The van der Waals surface area contributed by atoms with Gasteiger partial charge in [-0.25, -0.2) is 0 Å². The summed E-state index contributed by atoms with van der Waals surface area (Å²) in [5.74, 6) is 1.42. The summed E-state index contributed by atoms with van der Waals surface area (Å²) >= 11 is 11.7. The fourth-order valence-corrected chi connectivity index (χ4v) is 2.19. The molecule has 1 aliphatic rings. The molecule has 88 valence electrons. The van der Waals surface area contributed by atoms with E-state index in [9.17, 15) is 0 Å². The van der Waals surface area contributed by atoms with Crippen LogP contribution in [0.2, 0.25) is 10.0 Å². The zero-order chi connectivity index (χ0) is 11.5. The number of nitrogens with two attached hydrogens (primary N) is 1. The molecule has 16 heavy (non-hydrogen) atoms. The minimum Gasteiger partial charge on any atom is -0.493 e. The Morgan fingerprint density at radius 1 is 1.25 bits per heavy atom. The van der Waals surface area contributed by atoms with Crippen LogP contribution in [0.1, 0.15) is 19.3 Å². The first-order valence-electron chi connectivity index (χ1n) is 5.49. The predicted molar refractivity (Wildman–Crippen MR) is 67.3 cm³/mol. The highest BCUT2D eigenvalue weighted by molar-refractivity contribution is 6.34. The van der Waals surface area contributed by atoms with Crippen molar-refractivity contribution in [3.8, 4) is 5.75 Å². The predicted octanol–water partition coefficient (Wildman–Crippen LogP) is 3.50. The standard InChI is InChI=1S/C12H15Cl2NO/c13-9-5-10(14)7-11(6-9)16-4-3-12(15)8-1-2-8/h5-8,12H,1-4,15H2. The van der Waals surface area contributed by atoms with Crippen LogP contribution in [0, 0.1) is 5.92 Å². The molecule has 0 radical (unpaired) electrons. The summed E-state index contributed by atoms with van der Waals surface area (Å²) in [6.45, 7) is 0.619. The molecule has 2 nitrogen and oxygen atoms in total. The molecule has 2 N–H and O–H groups in total. The number of hydrogen-bond donors (Lipinski definition) is 1. The molecule has 4 heteroatoms. The van der Waals surface area contributed by atoms with Crippen molar-refractivity contribution < 1.29 is 4.74 Å². The Hall–Kier alpha value is -0.440. The zero-order valence-corrected chi connectivity index (χ0v) is 10.5. The van der Waals surface area contributed by atoms with Gasteiger partial charge in [0.05, 0.1) is 6.61 Å². The molecule has 0 spiro atoms. The van der Waals surface area contributed by atoms with E-state index in [1.807, 2.05) is 0 Å². The molecule has 0 aromatic heterocycles. The van der Waals surface area contributed by atoms with Crippen LogP contribution >= 0.6 is 23.2 Å².